The SMILES string of the molecule is CC1=NC2=C(CCC[C@@H]2C(C)C)C1. The van der Waals surface area contributed by atoms with Gasteiger partial charge in [-0.2, -0.15) is 0 Å². The molecule has 0 unspecified atom stereocenters. The first-order valence-corrected chi connectivity index (χ1v) is 5.44. The molecule has 0 saturated heterocycles. The molecule has 0 aromatic rings. The number of nitrogens with zero attached hydrogens (tertiary/aromatic N) is 1. The van der Waals surface area contributed by atoms with Crippen LogP contribution in [0.15, 0.2) is 16.3 Å². The van der Waals surface area contributed by atoms with E-state index in [4.69, 9.17) is 4.99 Å². The van der Waals surface area contributed by atoms with Gasteiger partial charge in [0.05, 0.1) is 0 Å². The number of hydrogen-bond acceptors (Lipinski definition) is 1. The third-order valence-electron chi connectivity index (χ3n) is 3.29. The predicted molar refractivity (Wildman–Crippen MR) is 56.9 cm³/mol. The van der Waals surface area contributed by atoms with E-state index in [0.717, 1.165) is 11.8 Å². The van der Waals surface area contributed by atoms with Crippen molar-refractivity contribution in [3.63, 3.8) is 0 Å². The lowest BCUT2D eigenvalue weighted by Gasteiger charge is -2.26. The Balaban J connectivity index is 2.26. The second kappa shape index (κ2) is 3.28. The first-order chi connectivity index (χ1) is 6.18. The van der Waals surface area contributed by atoms with Crippen molar-refractivity contribution in [1.82, 2.24) is 0 Å². The Hall–Kier alpha value is -0.590. The predicted octanol–water partition coefficient (Wildman–Crippen LogP) is 3.56. The Bertz CT molecular complexity index is 271. The van der Waals surface area contributed by atoms with Crippen LogP contribution in [0.25, 0.3) is 0 Å². The van der Waals surface area contributed by atoms with Crippen LogP contribution >= 0.6 is 0 Å². The summed E-state index contributed by atoms with van der Waals surface area (Å²) in [5.74, 6) is 1.51. The molecule has 0 bridgehead atoms. The van der Waals surface area contributed by atoms with E-state index in [1.54, 1.807) is 5.57 Å². The molecule has 0 N–H and O–H groups in total. The summed E-state index contributed by atoms with van der Waals surface area (Å²) in [5.41, 5.74) is 4.43. The van der Waals surface area contributed by atoms with Crippen LogP contribution in [0.1, 0.15) is 46.5 Å². The lowest BCUT2D eigenvalue weighted by molar-refractivity contribution is 0.382. The van der Waals surface area contributed by atoms with Gasteiger partial charge in [-0.3, -0.25) is 4.99 Å². The molecule has 1 nitrogen and oxygen atoms in total. The Morgan fingerprint density at radius 3 is 2.85 bits per heavy atom. The molecule has 1 heterocycles. The maximum Gasteiger partial charge on any atom is 0.0432 e. The molecule has 2 rings (SSSR count). The summed E-state index contributed by atoms with van der Waals surface area (Å²) in [4.78, 5) is 4.71. The molecule has 0 saturated carbocycles. The second-order valence-electron chi connectivity index (χ2n) is 4.76. The fourth-order valence-electron chi connectivity index (χ4n) is 2.61. The average Bonchev–Trinajstić information content (AvgIpc) is 2.43. The van der Waals surface area contributed by atoms with Crippen LogP contribution in [0.3, 0.4) is 0 Å². The van der Waals surface area contributed by atoms with E-state index in [-0.39, 0.29) is 0 Å². The van der Waals surface area contributed by atoms with Gasteiger partial charge in [0.1, 0.15) is 0 Å². The minimum atomic E-state index is 0.751. The highest BCUT2D eigenvalue weighted by atomic mass is 14.8. The maximum absolute atomic E-state index is 4.71. The molecule has 13 heavy (non-hydrogen) atoms. The maximum atomic E-state index is 4.71. The minimum absolute atomic E-state index is 0.751. The van der Waals surface area contributed by atoms with Crippen molar-refractivity contribution in [3.8, 4) is 0 Å². The van der Waals surface area contributed by atoms with Crippen molar-refractivity contribution in [1.29, 1.82) is 0 Å². The molecule has 2 aliphatic rings. The smallest absolute Gasteiger partial charge is 0.0432 e. The van der Waals surface area contributed by atoms with Gasteiger partial charge in [0.25, 0.3) is 0 Å². The van der Waals surface area contributed by atoms with Gasteiger partial charge in [-0.25, -0.2) is 0 Å². The molecule has 0 spiro atoms. The second-order valence-corrected chi connectivity index (χ2v) is 4.76. The number of aliphatic imine (C=N–C) groups is 1. The Morgan fingerprint density at radius 1 is 1.38 bits per heavy atom. The number of allylic oxidation sites excluding steroid dienone is 2. The van der Waals surface area contributed by atoms with Gasteiger partial charge >= 0.3 is 0 Å². The van der Waals surface area contributed by atoms with Crippen LogP contribution in [0.5, 0.6) is 0 Å². The summed E-state index contributed by atoms with van der Waals surface area (Å²) in [6.07, 6.45) is 5.20. The summed E-state index contributed by atoms with van der Waals surface area (Å²) < 4.78 is 0. The lowest BCUT2D eigenvalue weighted by atomic mass is 9.80. The van der Waals surface area contributed by atoms with Gasteiger partial charge in [0.15, 0.2) is 0 Å². The Kier molecular flexibility index (Phi) is 2.27. The van der Waals surface area contributed by atoms with Crippen molar-refractivity contribution in [2.75, 3.05) is 0 Å². The molecule has 0 fully saturated rings. The number of rotatable bonds is 1. The molecule has 72 valence electrons. The van der Waals surface area contributed by atoms with E-state index in [1.807, 2.05) is 0 Å². The fraction of sp³-hybridized carbons (Fsp3) is 0.750. The van der Waals surface area contributed by atoms with Crippen molar-refractivity contribution < 1.29 is 0 Å². The molecule has 1 atom stereocenters. The molecule has 0 amide bonds. The van der Waals surface area contributed by atoms with Crippen LogP contribution in [-0.2, 0) is 0 Å². The van der Waals surface area contributed by atoms with Gasteiger partial charge < -0.3 is 0 Å². The van der Waals surface area contributed by atoms with E-state index in [2.05, 4.69) is 20.8 Å². The largest absolute Gasteiger partial charge is 0.262 e. The quantitative estimate of drug-likeness (QED) is 0.580. The van der Waals surface area contributed by atoms with Gasteiger partial charge in [-0.15, -0.1) is 0 Å². The third kappa shape index (κ3) is 1.56. The highest BCUT2D eigenvalue weighted by Crippen LogP contribution is 2.40. The average molecular weight is 177 g/mol. The van der Waals surface area contributed by atoms with Gasteiger partial charge in [-0.05, 0) is 37.7 Å². The molecular weight excluding hydrogens is 158 g/mol. The zero-order valence-electron chi connectivity index (χ0n) is 8.93. The van der Waals surface area contributed by atoms with Crippen LogP contribution < -0.4 is 0 Å². The van der Waals surface area contributed by atoms with Gasteiger partial charge in [-0.1, -0.05) is 13.8 Å². The lowest BCUT2D eigenvalue weighted by Crippen LogP contribution is -2.14. The Morgan fingerprint density at radius 2 is 2.15 bits per heavy atom. The van der Waals surface area contributed by atoms with E-state index in [9.17, 15) is 0 Å². The van der Waals surface area contributed by atoms with Crippen LogP contribution in [0.2, 0.25) is 0 Å². The zero-order valence-corrected chi connectivity index (χ0v) is 8.93. The van der Waals surface area contributed by atoms with Crippen molar-refractivity contribution in [2.24, 2.45) is 16.8 Å². The summed E-state index contributed by atoms with van der Waals surface area (Å²) in [5, 5.41) is 0. The van der Waals surface area contributed by atoms with E-state index in [1.165, 1.54) is 37.1 Å². The normalized spacial score (nSPS) is 28.0. The zero-order chi connectivity index (χ0) is 9.42. The van der Waals surface area contributed by atoms with E-state index in [0.29, 0.717) is 0 Å². The first kappa shape index (κ1) is 8.98. The number of hydrogen-bond donors (Lipinski definition) is 0. The third-order valence-corrected chi connectivity index (χ3v) is 3.29. The molecule has 1 heteroatoms. The molecule has 1 aliphatic carbocycles. The summed E-state index contributed by atoms with van der Waals surface area (Å²) in [6.45, 7) is 6.81. The van der Waals surface area contributed by atoms with Crippen LogP contribution in [-0.4, -0.2) is 5.71 Å². The standard InChI is InChI=1S/C12H19N/c1-8(2)11-6-4-5-10-7-9(3)13-12(10)11/h8,11H,4-7H2,1-3H3/t11-/m1/s1. The summed E-state index contributed by atoms with van der Waals surface area (Å²) in [6, 6.07) is 0. The molecular formula is C12H19N. The first-order valence-electron chi connectivity index (χ1n) is 5.44. The summed E-state index contributed by atoms with van der Waals surface area (Å²) in [7, 11) is 0. The van der Waals surface area contributed by atoms with Crippen LogP contribution in [0.4, 0.5) is 0 Å². The minimum Gasteiger partial charge on any atom is -0.262 e. The molecule has 1 aliphatic heterocycles. The van der Waals surface area contributed by atoms with Gasteiger partial charge in [0.2, 0.25) is 0 Å². The molecule has 0 aromatic carbocycles. The van der Waals surface area contributed by atoms with Crippen molar-refractivity contribution in [3.05, 3.63) is 11.3 Å². The van der Waals surface area contributed by atoms with E-state index < -0.39 is 0 Å². The molecule has 0 radical (unpaired) electrons. The summed E-state index contributed by atoms with van der Waals surface area (Å²) >= 11 is 0. The fourth-order valence-corrected chi connectivity index (χ4v) is 2.61. The monoisotopic (exact) mass is 177 g/mol. The van der Waals surface area contributed by atoms with E-state index >= 15 is 0 Å². The van der Waals surface area contributed by atoms with Crippen LogP contribution in [0, 0.1) is 11.8 Å². The Labute approximate surface area is 80.9 Å². The van der Waals surface area contributed by atoms with Gasteiger partial charge in [0, 0.05) is 23.7 Å². The molecule has 0 aromatic heterocycles. The van der Waals surface area contributed by atoms with Crippen molar-refractivity contribution in [2.45, 2.75) is 46.5 Å². The van der Waals surface area contributed by atoms with Crippen molar-refractivity contribution >= 4 is 5.71 Å². The topological polar surface area (TPSA) is 12.4 Å². The highest BCUT2D eigenvalue weighted by Gasteiger charge is 2.28. The highest BCUT2D eigenvalue weighted by molar-refractivity contribution is 5.88.